The summed E-state index contributed by atoms with van der Waals surface area (Å²) in [5, 5.41) is 11.8. The molecular formula is C18H16ClN5O. The normalized spacial score (nSPS) is 14.2. The van der Waals surface area contributed by atoms with Crippen molar-refractivity contribution < 1.29 is 4.79 Å². The van der Waals surface area contributed by atoms with Gasteiger partial charge in [-0.15, -0.1) is 5.10 Å². The Balaban J connectivity index is 1.36. The molecule has 2 amide bonds. The van der Waals surface area contributed by atoms with Crippen molar-refractivity contribution in [1.82, 2.24) is 19.9 Å². The molecule has 2 aromatic carbocycles. The van der Waals surface area contributed by atoms with Crippen molar-refractivity contribution in [2.24, 2.45) is 0 Å². The van der Waals surface area contributed by atoms with Crippen molar-refractivity contribution in [3.05, 3.63) is 65.8 Å². The second-order valence-corrected chi connectivity index (χ2v) is 6.39. The lowest BCUT2D eigenvalue weighted by Gasteiger charge is -2.38. The molecule has 1 saturated heterocycles. The first kappa shape index (κ1) is 15.7. The van der Waals surface area contributed by atoms with Crippen LogP contribution in [0.15, 0.2) is 60.8 Å². The maximum Gasteiger partial charge on any atom is 0.321 e. The van der Waals surface area contributed by atoms with Crippen LogP contribution in [0.25, 0.3) is 11.3 Å². The van der Waals surface area contributed by atoms with E-state index in [1.54, 1.807) is 23.1 Å². The third-order valence-corrected chi connectivity index (χ3v) is 4.41. The van der Waals surface area contributed by atoms with Crippen molar-refractivity contribution in [3.63, 3.8) is 0 Å². The minimum atomic E-state index is -0.137. The van der Waals surface area contributed by atoms with E-state index in [4.69, 9.17) is 11.6 Å². The van der Waals surface area contributed by atoms with Crippen LogP contribution in [0, 0.1) is 0 Å². The van der Waals surface area contributed by atoms with Crippen LogP contribution in [0.5, 0.6) is 0 Å². The van der Waals surface area contributed by atoms with Gasteiger partial charge in [0, 0.05) is 29.4 Å². The van der Waals surface area contributed by atoms with Gasteiger partial charge in [-0.05, 0) is 18.2 Å². The summed E-state index contributed by atoms with van der Waals surface area (Å²) in [7, 11) is 0. The number of rotatable bonds is 3. The number of aromatic nitrogens is 3. The van der Waals surface area contributed by atoms with E-state index >= 15 is 0 Å². The number of hydrogen-bond acceptors (Lipinski definition) is 3. The topological polar surface area (TPSA) is 63.1 Å². The van der Waals surface area contributed by atoms with E-state index in [0.717, 1.165) is 11.3 Å². The highest BCUT2D eigenvalue weighted by atomic mass is 35.5. The first-order valence-corrected chi connectivity index (χ1v) is 8.35. The van der Waals surface area contributed by atoms with Gasteiger partial charge >= 0.3 is 6.03 Å². The zero-order valence-electron chi connectivity index (χ0n) is 13.3. The second-order valence-electron chi connectivity index (χ2n) is 5.95. The van der Waals surface area contributed by atoms with E-state index < -0.39 is 0 Å². The molecule has 1 N–H and O–H groups in total. The summed E-state index contributed by atoms with van der Waals surface area (Å²) in [6.07, 6.45) is 1.92. The molecule has 0 radical (unpaired) electrons. The van der Waals surface area contributed by atoms with Crippen LogP contribution in [0.3, 0.4) is 0 Å². The molecule has 0 aliphatic carbocycles. The van der Waals surface area contributed by atoms with Crippen LogP contribution in [0.4, 0.5) is 10.5 Å². The maximum atomic E-state index is 12.2. The van der Waals surface area contributed by atoms with Crippen LogP contribution >= 0.6 is 11.6 Å². The fourth-order valence-electron chi connectivity index (χ4n) is 2.75. The van der Waals surface area contributed by atoms with Gasteiger partial charge in [-0.3, -0.25) is 0 Å². The van der Waals surface area contributed by atoms with E-state index in [1.807, 2.05) is 47.3 Å². The van der Waals surface area contributed by atoms with Crippen LogP contribution in [-0.4, -0.2) is 39.0 Å². The number of likely N-dealkylation sites (tertiary alicyclic amines) is 1. The minimum Gasteiger partial charge on any atom is -0.320 e. The molecule has 25 heavy (non-hydrogen) atoms. The lowest BCUT2D eigenvalue weighted by Crippen LogP contribution is -2.52. The average molecular weight is 354 g/mol. The molecule has 3 aromatic rings. The molecule has 0 saturated carbocycles. The SMILES string of the molecule is O=C(Nc1cccc(Cl)c1)N1CC(n2cc(-c3ccccc3)nn2)C1. The Kier molecular flexibility index (Phi) is 4.11. The Hall–Kier alpha value is -2.86. The summed E-state index contributed by atoms with van der Waals surface area (Å²) in [6.45, 7) is 1.20. The molecule has 1 fully saturated rings. The van der Waals surface area contributed by atoms with Crippen LogP contribution in [0.2, 0.25) is 5.02 Å². The standard InChI is InChI=1S/C18H16ClN5O/c19-14-7-4-8-15(9-14)20-18(25)23-10-16(11-23)24-12-17(21-22-24)13-5-2-1-3-6-13/h1-9,12,16H,10-11H2,(H,20,25). The van der Waals surface area contributed by atoms with Gasteiger partial charge in [-0.25, -0.2) is 9.48 Å². The molecule has 0 unspecified atom stereocenters. The Morgan fingerprint density at radius 3 is 2.68 bits per heavy atom. The predicted molar refractivity (Wildman–Crippen MR) is 96.5 cm³/mol. The van der Waals surface area contributed by atoms with Crippen molar-refractivity contribution in [1.29, 1.82) is 0 Å². The molecule has 7 heteroatoms. The maximum absolute atomic E-state index is 12.2. The van der Waals surface area contributed by atoms with Gasteiger partial charge in [0.25, 0.3) is 0 Å². The lowest BCUT2D eigenvalue weighted by atomic mass is 10.1. The zero-order valence-corrected chi connectivity index (χ0v) is 14.1. The fraction of sp³-hybridized carbons (Fsp3) is 0.167. The van der Waals surface area contributed by atoms with E-state index in [0.29, 0.717) is 23.8 Å². The third-order valence-electron chi connectivity index (χ3n) is 4.18. The van der Waals surface area contributed by atoms with E-state index in [2.05, 4.69) is 15.6 Å². The lowest BCUT2D eigenvalue weighted by molar-refractivity contribution is 0.127. The molecule has 1 aromatic heterocycles. The number of carbonyl (C=O) groups is 1. The van der Waals surface area contributed by atoms with Gasteiger partial charge in [-0.1, -0.05) is 53.2 Å². The number of carbonyl (C=O) groups excluding carboxylic acids is 1. The number of anilines is 1. The van der Waals surface area contributed by atoms with Gasteiger partial charge in [0.05, 0.1) is 12.2 Å². The van der Waals surface area contributed by atoms with Crippen molar-refractivity contribution in [2.45, 2.75) is 6.04 Å². The predicted octanol–water partition coefficient (Wildman–Crippen LogP) is 3.69. The smallest absolute Gasteiger partial charge is 0.320 e. The zero-order chi connectivity index (χ0) is 17.2. The van der Waals surface area contributed by atoms with E-state index in [1.165, 1.54) is 0 Å². The molecule has 1 aliphatic rings. The summed E-state index contributed by atoms with van der Waals surface area (Å²) in [5.74, 6) is 0. The molecule has 126 valence electrons. The molecule has 4 rings (SSSR count). The van der Waals surface area contributed by atoms with Crippen LogP contribution < -0.4 is 5.32 Å². The largest absolute Gasteiger partial charge is 0.321 e. The Morgan fingerprint density at radius 1 is 1.12 bits per heavy atom. The van der Waals surface area contributed by atoms with Gasteiger partial charge in [0.1, 0.15) is 5.69 Å². The number of nitrogens with one attached hydrogen (secondary N) is 1. The third kappa shape index (κ3) is 3.34. The Labute approximate surface area is 150 Å². The number of amides is 2. The van der Waals surface area contributed by atoms with Crippen LogP contribution in [-0.2, 0) is 0 Å². The summed E-state index contributed by atoms with van der Waals surface area (Å²) >= 11 is 5.93. The quantitative estimate of drug-likeness (QED) is 0.781. The molecule has 0 bridgehead atoms. The molecular weight excluding hydrogens is 338 g/mol. The van der Waals surface area contributed by atoms with Crippen molar-refractivity contribution in [2.75, 3.05) is 18.4 Å². The molecule has 0 spiro atoms. The number of hydrogen-bond donors (Lipinski definition) is 1. The highest BCUT2D eigenvalue weighted by Gasteiger charge is 2.33. The number of urea groups is 1. The number of nitrogens with zero attached hydrogens (tertiary/aromatic N) is 4. The Morgan fingerprint density at radius 2 is 1.92 bits per heavy atom. The molecule has 2 heterocycles. The summed E-state index contributed by atoms with van der Waals surface area (Å²) in [6, 6.07) is 17.0. The van der Waals surface area contributed by atoms with Crippen LogP contribution in [0.1, 0.15) is 6.04 Å². The minimum absolute atomic E-state index is 0.137. The fourth-order valence-corrected chi connectivity index (χ4v) is 2.94. The van der Waals surface area contributed by atoms with E-state index in [9.17, 15) is 4.79 Å². The summed E-state index contributed by atoms with van der Waals surface area (Å²) in [5.41, 5.74) is 2.55. The monoisotopic (exact) mass is 353 g/mol. The molecule has 0 atom stereocenters. The highest BCUT2D eigenvalue weighted by Crippen LogP contribution is 2.24. The van der Waals surface area contributed by atoms with Gasteiger partial charge in [-0.2, -0.15) is 0 Å². The molecule has 1 aliphatic heterocycles. The summed E-state index contributed by atoms with van der Waals surface area (Å²) in [4.78, 5) is 14.0. The van der Waals surface area contributed by atoms with Gasteiger partial charge < -0.3 is 10.2 Å². The Bertz CT molecular complexity index is 889. The van der Waals surface area contributed by atoms with Gasteiger partial charge in [0.2, 0.25) is 0 Å². The number of halogens is 1. The first-order chi connectivity index (χ1) is 12.2. The van der Waals surface area contributed by atoms with Crippen molar-refractivity contribution in [3.8, 4) is 11.3 Å². The van der Waals surface area contributed by atoms with Crippen molar-refractivity contribution >= 4 is 23.3 Å². The highest BCUT2D eigenvalue weighted by molar-refractivity contribution is 6.30. The first-order valence-electron chi connectivity index (χ1n) is 7.98. The molecule has 6 nitrogen and oxygen atoms in total. The average Bonchev–Trinajstić information content (AvgIpc) is 3.04. The second kappa shape index (κ2) is 6.57. The number of benzene rings is 2. The van der Waals surface area contributed by atoms with E-state index in [-0.39, 0.29) is 12.1 Å². The van der Waals surface area contributed by atoms with Gasteiger partial charge in [0.15, 0.2) is 0 Å². The summed E-state index contributed by atoms with van der Waals surface area (Å²) < 4.78 is 1.82.